The molecular formula is C12H25N3O. The molecular weight excluding hydrogens is 202 g/mol. The molecule has 4 nitrogen and oxygen atoms in total. The number of amides is 1. The standard InChI is InChI=1S/C12H25N3O/c1-10(2)15(9-12(16)13-3)8-11-6-4-5-7-14-11/h10-11,14H,4-9H2,1-3H3,(H,13,16). The summed E-state index contributed by atoms with van der Waals surface area (Å²) in [5, 5.41) is 6.21. The number of hydrogen-bond donors (Lipinski definition) is 2. The quantitative estimate of drug-likeness (QED) is 0.722. The maximum atomic E-state index is 11.4. The predicted octanol–water partition coefficient (Wildman–Crippen LogP) is 0.585. The molecule has 0 bridgehead atoms. The summed E-state index contributed by atoms with van der Waals surface area (Å²) in [5.41, 5.74) is 0. The van der Waals surface area contributed by atoms with Gasteiger partial charge in [0.15, 0.2) is 0 Å². The molecule has 0 radical (unpaired) electrons. The zero-order valence-corrected chi connectivity index (χ0v) is 10.8. The number of nitrogens with zero attached hydrogens (tertiary/aromatic N) is 1. The molecule has 1 saturated heterocycles. The maximum absolute atomic E-state index is 11.4. The molecule has 1 heterocycles. The van der Waals surface area contributed by atoms with Crippen molar-refractivity contribution in [1.29, 1.82) is 0 Å². The number of carbonyl (C=O) groups is 1. The van der Waals surface area contributed by atoms with Crippen molar-refractivity contribution in [2.75, 3.05) is 26.7 Å². The number of likely N-dealkylation sites (N-methyl/N-ethyl adjacent to an activating group) is 1. The van der Waals surface area contributed by atoms with Gasteiger partial charge in [-0.15, -0.1) is 0 Å². The van der Waals surface area contributed by atoms with Crippen molar-refractivity contribution in [2.24, 2.45) is 0 Å². The third-order valence-electron chi connectivity index (χ3n) is 3.22. The highest BCUT2D eigenvalue weighted by Gasteiger charge is 2.19. The van der Waals surface area contributed by atoms with Gasteiger partial charge < -0.3 is 10.6 Å². The van der Waals surface area contributed by atoms with Crippen LogP contribution in [0.1, 0.15) is 33.1 Å². The lowest BCUT2D eigenvalue weighted by atomic mass is 10.0. The molecule has 1 unspecified atom stereocenters. The Morgan fingerprint density at radius 1 is 1.50 bits per heavy atom. The molecule has 1 amide bonds. The Kier molecular flexibility index (Phi) is 5.77. The zero-order valence-electron chi connectivity index (χ0n) is 10.8. The summed E-state index contributed by atoms with van der Waals surface area (Å²) >= 11 is 0. The van der Waals surface area contributed by atoms with Gasteiger partial charge in [-0.2, -0.15) is 0 Å². The van der Waals surface area contributed by atoms with Gasteiger partial charge in [0.2, 0.25) is 5.91 Å². The SMILES string of the molecule is CNC(=O)CN(CC1CCCCN1)C(C)C. The van der Waals surface area contributed by atoms with Crippen LogP contribution in [0.2, 0.25) is 0 Å². The molecule has 1 atom stereocenters. The van der Waals surface area contributed by atoms with Crippen LogP contribution in [0.25, 0.3) is 0 Å². The van der Waals surface area contributed by atoms with E-state index in [1.807, 2.05) is 0 Å². The Bertz CT molecular complexity index is 212. The van der Waals surface area contributed by atoms with Crippen LogP contribution in [0.15, 0.2) is 0 Å². The average molecular weight is 227 g/mol. The summed E-state index contributed by atoms with van der Waals surface area (Å²) in [6.07, 6.45) is 3.83. The van der Waals surface area contributed by atoms with Crippen LogP contribution < -0.4 is 10.6 Å². The lowest BCUT2D eigenvalue weighted by molar-refractivity contribution is -0.122. The van der Waals surface area contributed by atoms with Crippen LogP contribution in [0.3, 0.4) is 0 Å². The van der Waals surface area contributed by atoms with Gasteiger partial charge in [-0.3, -0.25) is 9.69 Å². The van der Waals surface area contributed by atoms with Gasteiger partial charge in [-0.25, -0.2) is 0 Å². The highest BCUT2D eigenvalue weighted by atomic mass is 16.1. The molecule has 0 aromatic heterocycles. The van der Waals surface area contributed by atoms with Crippen molar-refractivity contribution >= 4 is 5.91 Å². The summed E-state index contributed by atoms with van der Waals surface area (Å²) in [6, 6.07) is 0.974. The van der Waals surface area contributed by atoms with E-state index in [1.54, 1.807) is 7.05 Å². The highest BCUT2D eigenvalue weighted by Crippen LogP contribution is 2.10. The second-order valence-corrected chi connectivity index (χ2v) is 4.84. The molecule has 16 heavy (non-hydrogen) atoms. The van der Waals surface area contributed by atoms with E-state index in [4.69, 9.17) is 0 Å². The van der Waals surface area contributed by atoms with Crippen LogP contribution in [-0.2, 0) is 4.79 Å². The van der Waals surface area contributed by atoms with E-state index in [0.29, 0.717) is 18.6 Å². The molecule has 0 spiro atoms. The first-order chi connectivity index (χ1) is 7.63. The Morgan fingerprint density at radius 2 is 2.25 bits per heavy atom. The van der Waals surface area contributed by atoms with E-state index in [2.05, 4.69) is 29.4 Å². The van der Waals surface area contributed by atoms with Crippen LogP contribution >= 0.6 is 0 Å². The third kappa shape index (κ3) is 4.49. The maximum Gasteiger partial charge on any atom is 0.233 e. The Hall–Kier alpha value is -0.610. The summed E-state index contributed by atoms with van der Waals surface area (Å²) in [5.74, 6) is 0.101. The molecule has 0 aromatic rings. The minimum atomic E-state index is 0.101. The number of hydrogen-bond acceptors (Lipinski definition) is 3. The van der Waals surface area contributed by atoms with Crippen LogP contribution in [0, 0.1) is 0 Å². The van der Waals surface area contributed by atoms with Crippen LogP contribution in [0.5, 0.6) is 0 Å². The highest BCUT2D eigenvalue weighted by molar-refractivity contribution is 5.77. The molecule has 1 fully saturated rings. The van der Waals surface area contributed by atoms with Gasteiger partial charge in [0.05, 0.1) is 6.54 Å². The summed E-state index contributed by atoms with van der Waals surface area (Å²) in [6.45, 7) is 6.89. The fourth-order valence-electron chi connectivity index (χ4n) is 2.08. The van der Waals surface area contributed by atoms with Crippen molar-refractivity contribution in [1.82, 2.24) is 15.5 Å². The van der Waals surface area contributed by atoms with E-state index in [-0.39, 0.29) is 5.91 Å². The van der Waals surface area contributed by atoms with E-state index < -0.39 is 0 Å². The molecule has 1 aliphatic rings. The minimum absolute atomic E-state index is 0.101. The summed E-state index contributed by atoms with van der Waals surface area (Å²) in [7, 11) is 1.69. The normalized spacial score (nSPS) is 21.4. The number of nitrogens with one attached hydrogen (secondary N) is 2. The van der Waals surface area contributed by atoms with Gasteiger partial charge in [0.1, 0.15) is 0 Å². The van der Waals surface area contributed by atoms with Gasteiger partial charge in [-0.1, -0.05) is 6.42 Å². The topological polar surface area (TPSA) is 44.4 Å². The first-order valence-corrected chi connectivity index (χ1v) is 6.31. The fourth-order valence-corrected chi connectivity index (χ4v) is 2.08. The summed E-state index contributed by atoms with van der Waals surface area (Å²) in [4.78, 5) is 13.6. The molecule has 2 N–H and O–H groups in total. The monoisotopic (exact) mass is 227 g/mol. The second kappa shape index (κ2) is 6.86. The number of rotatable bonds is 5. The summed E-state index contributed by atoms with van der Waals surface area (Å²) < 4.78 is 0. The molecule has 1 aliphatic heterocycles. The molecule has 1 rings (SSSR count). The Morgan fingerprint density at radius 3 is 2.75 bits per heavy atom. The number of carbonyl (C=O) groups excluding carboxylic acids is 1. The van der Waals surface area contributed by atoms with Gasteiger partial charge >= 0.3 is 0 Å². The van der Waals surface area contributed by atoms with Crippen LogP contribution in [0.4, 0.5) is 0 Å². The van der Waals surface area contributed by atoms with Crippen molar-refractivity contribution in [2.45, 2.75) is 45.2 Å². The Labute approximate surface area is 98.8 Å². The zero-order chi connectivity index (χ0) is 12.0. The van der Waals surface area contributed by atoms with Crippen molar-refractivity contribution in [3.05, 3.63) is 0 Å². The largest absolute Gasteiger partial charge is 0.358 e. The first kappa shape index (κ1) is 13.5. The average Bonchev–Trinajstić information content (AvgIpc) is 2.29. The Balaban J connectivity index is 2.40. The molecule has 94 valence electrons. The van der Waals surface area contributed by atoms with Crippen LogP contribution in [-0.4, -0.2) is 49.6 Å². The third-order valence-corrected chi connectivity index (χ3v) is 3.22. The minimum Gasteiger partial charge on any atom is -0.358 e. The van der Waals surface area contributed by atoms with E-state index >= 15 is 0 Å². The van der Waals surface area contributed by atoms with E-state index in [0.717, 1.165) is 13.1 Å². The smallest absolute Gasteiger partial charge is 0.233 e. The predicted molar refractivity (Wildman–Crippen MR) is 66.4 cm³/mol. The lowest BCUT2D eigenvalue weighted by Crippen LogP contribution is -2.48. The van der Waals surface area contributed by atoms with E-state index in [1.165, 1.54) is 19.3 Å². The van der Waals surface area contributed by atoms with Crippen molar-refractivity contribution in [3.63, 3.8) is 0 Å². The van der Waals surface area contributed by atoms with Gasteiger partial charge in [0.25, 0.3) is 0 Å². The molecule has 0 aliphatic carbocycles. The molecule has 0 aromatic carbocycles. The van der Waals surface area contributed by atoms with Crippen molar-refractivity contribution in [3.8, 4) is 0 Å². The second-order valence-electron chi connectivity index (χ2n) is 4.84. The fraction of sp³-hybridized carbons (Fsp3) is 0.917. The molecule has 0 saturated carbocycles. The lowest BCUT2D eigenvalue weighted by Gasteiger charge is -2.32. The molecule has 4 heteroatoms. The van der Waals surface area contributed by atoms with Gasteiger partial charge in [0, 0.05) is 25.7 Å². The van der Waals surface area contributed by atoms with Gasteiger partial charge in [-0.05, 0) is 33.2 Å². The van der Waals surface area contributed by atoms with Crippen molar-refractivity contribution < 1.29 is 4.79 Å². The number of piperidine rings is 1. The van der Waals surface area contributed by atoms with E-state index in [9.17, 15) is 4.79 Å². The first-order valence-electron chi connectivity index (χ1n) is 6.31.